The van der Waals surface area contributed by atoms with Crippen LogP contribution in [0.2, 0.25) is 0 Å². The van der Waals surface area contributed by atoms with Crippen LogP contribution in [0.25, 0.3) is 5.65 Å². The van der Waals surface area contributed by atoms with Gasteiger partial charge in [0.15, 0.2) is 12.3 Å². The highest BCUT2D eigenvalue weighted by Crippen LogP contribution is 2.16. The third-order valence-corrected chi connectivity index (χ3v) is 5.14. The van der Waals surface area contributed by atoms with Crippen LogP contribution in [0.3, 0.4) is 0 Å². The van der Waals surface area contributed by atoms with E-state index in [9.17, 15) is 14.4 Å². The number of hydrogen-bond acceptors (Lipinski definition) is 5. The Morgan fingerprint density at radius 1 is 1.03 bits per heavy atom. The topological polar surface area (TPSA) is 94.7 Å². The van der Waals surface area contributed by atoms with E-state index in [0.29, 0.717) is 28.2 Å². The number of hydrogen-bond donors (Lipinski definition) is 1. The van der Waals surface area contributed by atoms with Crippen LogP contribution in [0.1, 0.15) is 48.2 Å². The zero-order valence-corrected chi connectivity index (χ0v) is 18.0. The molecule has 1 aromatic carbocycles. The van der Waals surface area contributed by atoms with Gasteiger partial charge in [0.2, 0.25) is 5.78 Å². The maximum Gasteiger partial charge on any atom is 0.359 e. The molecule has 1 N–H and O–H groups in total. The molecule has 0 bridgehead atoms. The van der Waals surface area contributed by atoms with Crippen LogP contribution in [0.5, 0.6) is 0 Å². The van der Waals surface area contributed by atoms with Crippen LogP contribution < -0.4 is 5.43 Å². The zero-order valence-electron chi connectivity index (χ0n) is 18.0. The van der Waals surface area contributed by atoms with Crippen molar-refractivity contribution in [1.29, 1.82) is 0 Å². The Morgan fingerprint density at radius 3 is 2.53 bits per heavy atom. The smallest absolute Gasteiger partial charge is 0.359 e. The molecular formula is C24H22N4O4. The van der Waals surface area contributed by atoms with Gasteiger partial charge in [-0.05, 0) is 56.7 Å². The highest BCUT2D eigenvalue weighted by atomic mass is 16.5. The van der Waals surface area contributed by atoms with Gasteiger partial charge in [-0.25, -0.2) is 9.78 Å². The Bertz CT molecular complexity index is 1340. The fraction of sp³-hybridized carbons (Fsp3) is 0.167. The molecule has 0 aliphatic heterocycles. The highest BCUT2D eigenvalue weighted by Gasteiger charge is 2.20. The zero-order chi connectivity index (χ0) is 22.8. The lowest BCUT2D eigenvalue weighted by Gasteiger charge is -2.11. The molecule has 0 saturated carbocycles. The van der Waals surface area contributed by atoms with Gasteiger partial charge in [0.05, 0.1) is 0 Å². The van der Waals surface area contributed by atoms with Gasteiger partial charge in [0, 0.05) is 34.9 Å². The molecule has 0 spiro atoms. The molecule has 3 aromatic heterocycles. The van der Waals surface area contributed by atoms with Gasteiger partial charge in [-0.1, -0.05) is 18.2 Å². The molecule has 0 saturated heterocycles. The molecule has 1 amide bonds. The number of Topliss-reactive ketones (excluding diaryl/α,β-unsaturated/α-hetero) is 1. The third-order valence-electron chi connectivity index (χ3n) is 5.14. The first-order valence-electron chi connectivity index (χ1n) is 10.0. The van der Waals surface area contributed by atoms with Crippen LogP contribution in [0.15, 0.2) is 60.9 Å². The molecule has 0 aliphatic rings. The van der Waals surface area contributed by atoms with Crippen molar-refractivity contribution in [2.45, 2.75) is 20.8 Å². The van der Waals surface area contributed by atoms with Crippen molar-refractivity contribution >= 4 is 23.3 Å². The second kappa shape index (κ2) is 8.50. The largest absolute Gasteiger partial charge is 0.453 e. The molecule has 0 unspecified atom stereocenters. The normalized spacial score (nSPS) is 10.8. The summed E-state index contributed by atoms with van der Waals surface area (Å²) in [6, 6.07) is 14.2. The number of nitrogens with one attached hydrogen (secondary N) is 1. The fourth-order valence-corrected chi connectivity index (χ4v) is 3.44. The summed E-state index contributed by atoms with van der Waals surface area (Å²) in [5, 5.41) is 0. The monoisotopic (exact) mass is 430 g/mol. The highest BCUT2D eigenvalue weighted by molar-refractivity contribution is 6.02. The van der Waals surface area contributed by atoms with E-state index in [0.717, 1.165) is 5.56 Å². The minimum Gasteiger partial charge on any atom is -0.453 e. The van der Waals surface area contributed by atoms with Crippen molar-refractivity contribution in [3.63, 3.8) is 0 Å². The SMILES string of the molecule is Cc1ccn2cc(C(=O)OCC(=O)c3cc(C)n(NC(=O)c4ccccc4)c3C)nc2c1. The maximum absolute atomic E-state index is 12.7. The number of carbonyl (C=O) groups excluding carboxylic acids is 3. The molecule has 8 nitrogen and oxygen atoms in total. The lowest BCUT2D eigenvalue weighted by molar-refractivity contribution is 0.0469. The molecule has 8 heteroatoms. The number of carbonyl (C=O) groups is 3. The molecule has 0 fully saturated rings. The number of aryl methyl sites for hydroxylation is 2. The number of esters is 1. The summed E-state index contributed by atoms with van der Waals surface area (Å²) in [7, 11) is 0. The van der Waals surface area contributed by atoms with E-state index < -0.39 is 12.6 Å². The van der Waals surface area contributed by atoms with Gasteiger partial charge in [0.25, 0.3) is 5.91 Å². The van der Waals surface area contributed by atoms with Gasteiger partial charge in [-0.2, -0.15) is 0 Å². The lowest BCUT2D eigenvalue weighted by atomic mass is 10.1. The van der Waals surface area contributed by atoms with E-state index >= 15 is 0 Å². The van der Waals surface area contributed by atoms with Gasteiger partial charge < -0.3 is 9.14 Å². The number of nitrogens with zero attached hydrogens (tertiary/aromatic N) is 3. The number of imidazole rings is 1. The summed E-state index contributed by atoms with van der Waals surface area (Å²) < 4.78 is 8.46. The Hall–Kier alpha value is -4.20. The van der Waals surface area contributed by atoms with E-state index in [-0.39, 0.29) is 17.4 Å². The Kier molecular flexibility index (Phi) is 5.59. The molecule has 162 valence electrons. The number of amides is 1. The predicted octanol–water partition coefficient (Wildman–Crippen LogP) is 3.48. The van der Waals surface area contributed by atoms with Crippen LogP contribution in [-0.4, -0.2) is 38.3 Å². The first-order valence-corrected chi connectivity index (χ1v) is 10.0. The van der Waals surface area contributed by atoms with E-state index in [4.69, 9.17) is 4.74 Å². The molecular weight excluding hydrogens is 408 g/mol. The molecule has 0 aliphatic carbocycles. The Labute approximate surface area is 184 Å². The molecule has 0 atom stereocenters. The van der Waals surface area contributed by atoms with Crippen LogP contribution in [0.4, 0.5) is 0 Å². The molecule has 4 aromatic rings. The average molecular weight is 430 g/mol. The molecule has 0 radical (unpaired) electrons. The van der Waals surface area contributed by atoms with E-state index in [1.54, 1.807) is 65.6 Å². The predicted molar refractivity (Wildman–Crippen MR) is 119 cm³/mol. The van der Waals surface area contributed by atoms with Gasteiger partial charge in [-0.15, -0.1) is 0 Å². The summed E-state index contributed by atoms with van der Waals surface area (Å²) in [5.41, 5.74) is 6.66. The summed E-state index contributed by atoms with van der Waals surface area (Å²) in [5.74, 6) is -1.34. The van der Waals surface area contributed by atoms with Gasteiger partial charge >= 0.3 is 5.97 Å². The second-order valence-electron chi connectivity index (χ2n) is 7.52. The van der Waals surface area contributed by atoms with E-state index in [2.05, 4.69) is 10.4 Å². The van der Waals surface area contributed by atoms with Crippen LogP contribution in [0, 0.1) is 20.8 Å². The van der Waals surface area contributed by atoms with Crippen molar-refractivity contribution in [2.75, 3.05) is 12.0 Å². The van der Waals surface area contributed by atoms with Crippen molar-refractivity contribution < 1.29 is 19.1 Å². The summed E-state index contributed by atoms with van der Waals surface area (Å²) in [6.45, 7) is 5.00. The van der Waals surface area contributed by atoms with Gasteiger partial charge in [-0.3, -0.25) is 19.7 Å². The van der Waals surface area contributed by atoms with E-state index in [1.807, 2.05) is 25.1 Å². The number of ketones is 1. The first kappa shape index (κ1) is 21.0. The lowest BCUT2D eigenvalue weighted by Crippen LogP contribution is -2.25. The number of pyridine rings is 1. The number of ether oxygens (including phenoxy) is 1. The van der Waals surface area contributed by atoms with Crippen LogP contribution in [-0.2, 0) is 4.74 Å². The summed E-state index contributed by atoms with van der Waals surface area (Å²) in [4.78, 5) is 41.8. The van der Waals surface area contributed by atoms with Crippen molar-refractivity contribution in [3.05, 3.63) is 94.7 Å². The first-order chi connectivity index (χ1) is 15.3. The van der Waals surface area contributed by atoms with Crippen molar-refractivity contribution in [3.8, 4) is 0 Å². The van der Waals surface area contributed by atoms with Crippen molar-refractivity contribution in [1.82, 2.24) is 14.1 Å². The minimum atomic E-state index is -0.675. The standard InChI is InChI=1S/C24H22N4O4/c1-15-9-10-27-13-20(25-22(27)11-15)24(31)32-14-21(29)19-12-16(2)28(17(19)3)26-23(30)18-7-5-4-6-8-18/h4-13H,14H2,1-3H3,(H,26,30). The Balaban J connectivity index is 1.44. The van der Waals surface area contributed by atoms with Crippen LogP contribution >= 0.6 is 0 Å². The fourth-order valence-electron chi connectivity index (χ4n) is 3.44. The van der Waals surface area contributed by atoms with Gasteiger partial charge in [0.1, 0.15) is 5.65 Å². The van der Waals surface area contributed by atoms with Crippen molar-refractivity contribution in [2.24, 2.45) is 0 Å². The number of rotatable bonds is 6. The Morgan fingerprint density at radius 2 is 1.78 bits per heavy atom. The number of fused-ring (bicyclic) bond motifs is 1. The number of aromatic nitrogens is 3. The maximum atomic E-state index is 12.7. The summed E-state index contributed by atoms with van der Waals surface area (Å²) in [6.07, 6.45) is 3.37. The summed E-state index contributed by atoms with van der Waals surface area (Å²) >= 11 is 0. The third kappa shape index (κ3) is 4.15. The minimum absolute atomic E-state index is 0.129. The average Bonchev–Trinajstić information content (AvgIpc) is 3.33. The quantitative estimate of drug-likeness (QED) is 0.373. The second-order valence-corrected chi connectivity index (χ2v) is 7.52. The number of benzene rings is 1. The van der Waals surface area contributed by atoms with E-state index in [1.165, 1.54) is 0 Å². The molecule has 4 rings (SSSR count). The molecule has 3 heterocycles. The molecule has 32 heavy (non-hydrogen) atoms.